The van der Waals surface area contributed by atoms with Crippen LogP contribution < -0.4 is 10.0 Å². The van der Waals surface area contributed by atoms with E-state index >= 15 is 0 Å². The molecule has 0 bridgehead atoms. The number of amides is 1. The fourth-order valence-electron chi connectivity index (χ4n) is 2.74. The van der Waals surface area contributed by atoms with Crippen LogP contribution in [0.1, 0.15) is 27.6 Å². The molecule has 0 spiro atoms. The van der Waals surface area contributed by atoms with Gasteiger partial charge in [-0.3, -0.25) is 9.52 Å². The summed E-state index contributed by atoms with van der Waals surface area (Å²) in [6.45, 7) is 1.89. The van der Waals surface area contributed by atoms with E-state index in [2.05, 4.69) is 10.0 Å². The number of halogens is 2. The first-order valence-electron chi connectivity index (χ1n) is 9.36. The van der Waals surface area contributed by atoms with Crippen molar-refractivity contribution in [3.8, 4) is 0 Å². The highest BCUT2D eigenvalue weighted by Crippen LogP contribution is 2.26. The van der Waals surface area contributed by atoms with E-state index in [1.54, 1.807) is 25.1 Å². The molecule has 0 aliphatic carbocycles. The third kappa shape index (κ3) is 5.59. The molecule has 3 aromatic carbocycles. The Labute approximate surface area is 195 Å². The van der Waals surface area contributed by atoms with E-state index < -0.39 is 21.9 Å². The minimum absolute atomic E-state index is 0.0463. The maximum absolute atomic E-state index is 12.6. The van der Waals surface area contributed by atoms with E-state index in [1.165, 1.54) is 48.5 Å². The van der Waals surface area contributed by atoms with Gasteiger partial charge in [0.05, 0.1) is 38.4 Å². The van der Waals surface area contributed by atoms with Crippen LogP contribution in [0.15, 0.2) is 71.6 Å². The van der Waals surface area contributed by atoms with Crippen LogP contribution in [0.5, 0.6) is 0 Å². The van der Waals surface area contributed by atoms with Crippen LogP contribution in [0.2, 0.25) is 10.0 Å². The molecule has 0 atom stereocenters. The number of sulfonamides is 1. The van der Waals surface area contributed by atoms with Gasteiger partial charge in [-0.2, -0.15) is 0 Å². The summed E-state index contributed by atoms with van der Waals surface area (Å²) >= 11 is 12.3. The van der Waals surface area contributed by atoms with Gasteiger partial charge in [-0.05, 0) is 55.5 Å². The van der Waals surface area contributed by atoms with Gasteiger partial charge >= 0.3 is 5.97 Å². The molecule has 32 heavy (non-hydrogen) atoms. The lowest BCUT2D eigenvalue weighted by atomic mass is 10.1. The molecule has 166 valence electrons. The van der Waals surface area contributed by atoms with Crippen LogP contribution in [-0.4, -0.2) is 26.9 Å². The molecule has 2 N–H and O–H groups in total. The van der Waals surface area contributed by atoms with Gasteiger partial charge in [0.2, 0.25) is 0 Å². The Hall–Kier alpha value is -3.07. The number of esters is 1. The number of hydrogen-bond acceptors (Lipinski definition) is 5. The molecule has 0 radical (unpaired) electrons. The molecular weight excluding hydrogens is 475 g/mol. The monoisotopic (exact) mass is 492 g/mol. The predicted octanol–water partition coefficient (Wildman–Crippen LogP) is 5.22. The van der Waals surface area contributed by atoms with E-state index in [9.17, 15) is 18.0 Å². The van der Waals surface area contributed by atoms with Crippen molar-refractivity contribution in [3.63, 3.8) is 0 Å². The van der Waals surface area contributed by atoms with E-state index in [0.29, 0.717) is 5.69 Å². The van der Waals surface area contributed by atoms with Gasteiger partial charge in [-0.25, -0.2) is 13.2 Å². The Morgan fingerprint density at radius 3 is 2.09 bits per heavy atom. The van der Waals surface area contributed by atoms with Gasteiger partial charge in [-0.1, -0.05) is 41.4 Å². The summed E-state index contributed by atoms with van der Waals surface area (Å²) in [5.41, 5.74) is 0.856. The molecule has 7 nitrogen and oxygen atoms in total. The Morgan fingerprint density at radius 2 is 1.47 bits per heavy atom. The fraction of sp³-hybridized carbons (Fsp3) is 0.0909. The highest BCUT2D eigenvalue weighted by Gasteiger charge is 2.17. The highest BCUT2D eigenvalue weighted by atomic mass is 35.5. The second-order valence-corrected chi connectivity index (χ2v) is 8.98. The Kier molecular flexibility index (Phi) is 7.40. The molecule has 0 heterocycles. The van der Waals surface area contributed by atoms with E-state index in [0.717, 1.165) is 0 Å². The van der Waals surface area contributed by atoms with Crippen molar-refractivity contribution in [2.45, 2.75) is 11.8 Å². The zero-order valence-corrected chi connectivity index (χ0v) is 19.1. The van der Waals surface area contributed by atoms with Crippen molar-refractivity contribution in [3.05, 3.63) is 87.9 Å². The maximum atomic E-state index is 12.6. The SMILES string of the molecule is CCOC(=O)c1ccc(NC(=O)c2ccc(NS(=O)(=O)c3ccccc3)cc2Cl)cc1Cl. The normalized spacial score (nSPS) is 11.0. The average molecular weight is 493 g/mol. The molecule has 10 heteroatoms. The summed E-state index contributed by atoms with van der Waals surface area (Å²) in [4.78, 5) is 24.5. The van der Waals surface area contributed by atoms with Crippen LogP contribution >= 0.6 is 23.2 Å². The first kappa shape index (κ1) is 23.6. The molecule has 0 aliphatic heterocycles. The Balaban J connectivity index is 1.74. The zero-order valence-electron chi connectivity index (χ0n) is 16.8. The minimum Gasteiger partial charge on any atom is -0.462 e. The van der Waals surface area contributed by atoms with Crippen LogP contribution in [0.4, 0.5) is 11.4 Å². The zero-order chi connectivity index (χ0) is 23.3. The number of ether oxygens (including phenoxy) is 1. The molecule has 0 saturated carbocycles. The number of nitrogens with one attached hydrogen (secondary N) is 2. The average Bonchev–Trinajstić information content (AvgIpc) is 2.74. The summed E-state index contributed by atoms with van der Waals surface area (Å²) in [6.07, 6.45) is 0. The lowest BCUT2D eigenvalue weighted by molar-refractivity contribution is 0.0526. The molecule has 1 amide bonds. The van der Waals surface area contributed by atoms with E-state index in [-0.39, 0.29) is 38.4 Å². The van der Waals surface area contributed by atoms with E-state index in [1.807, 2.05) is 0 Å². The van der Waals surface area contributed by atoms with Gasteiger partial charge in [-0.15, -0.1) is 0 Å². The first-order chi connectivity index (χ1) is 15.2. The summed E-state index contributed by atoms with van der Waals surface area (Å²) in [7, 11) is -3.79. The van der Waals surface area contributed by atoms with Crippen molar-refractivity contribution in [1.82, 2.24) is 0 Å². The van der Waals surface area contributed by atoms with Crippen molar-refractivity contribution in [2.24, 2.45) is 0 Å². The molecule has 0 unspecified atom stereocenters. The number of carbonyl (C=O) groups is 2. The third-order valence-corrected chi connectivity index (χ3v) is 6.26. The summed E-state index contributed by atoms with van der Waals surface area (Å²) in [5.74, 6) is -1.10. The topological polar surface area (TPSA) is 102 Å². The summed E-state index contributed by atoms with van der Waals surface area (Å²) in [5, 5.41) is 2.80. The molecule has 0 fully saturated rings. The fourth-order valence-corrected chi connectivity index (χ4v) is 4.34. The van der Waals surface area contributed by atoms with Crippen LogP contribution in [-0.2, 0) is 14.8 Å². The third-order valence-electron chi connectivity index (χ3n) is 4.24. The number of anilines is 2. The lowest BCUT2D eigenvalue weighted by Crippen LogP contribution is -2.15. The molecule has 3 rings (SSSR count). The Bertz CT molecular complexity index is 1260. The standard InChI is InChI=1S/C22H18Cl2N2O5S/c1-2-31-22(28)18-11-8-14(12-20(18)24)25-21(27)17-10-9-15(13-19(17)23)26-32(29,30)16-6-4-3-5-7-16/h3-13,26H,2H2,1H3,(H,25,27). The van der Waals surface area contributed by atoms with Gasteiger partial charge < -0.3 is 10.1 Å². The number of carbonyl (C=O) groups excluding carboxylic acids is 2. The number of hydrogen-bond donors (Lipinski definition) is 2. The molecule has 0 saturated heterocycles. The number of rotatable bonds is 7. The van der Waals surface area contributed by atoms with Crippen molar-refractivity contribution >= 4 is 56.5 Å². The van der Waals surface area contributed by atoms with Crippen LogP contribution in [0, 0.1) is 0 Å². The Morgan fingerprint density at radius 1 is 0.875 bits per heavy atom. The largest absolute Gasteiger partial charge is 0.462 e. The van der Waals surface area contributed by atoms with Crippen LogP contribution in [0.25, 0.3) is 0 Å². The smallest absolute Gasteiger partial charge is 0.339 e. The van der Waals surface area contributed by atoms with Crippen LogP contribution in [0.3, 0.4) is 0 Å². The molecule has 3 aromatic rings. The second kappa shape index (κ2) is 10.0. The van der Waals surface area contributed by atoms with E-state index in [4.69, 9.17) is 27.9 Å². The predicted molar refractivity (Wildman–Crippen MR) is 124 cm³/mol. The lowest BCUT2D eigenvalue weighted by Gasteiger charge is -2.11. The highest BCUT2D eigenvalue weighted by molar-refractivity contribution is 7.92. The number of benzene rings is 3. The van der Waals surface area contributed by atoms with Gasteiger partial charge in [0.15, 0.2) is 0 Å². The summed E-state index contributed by atoms with van der Waals surface area (Å²) < 4.78 is 32.2. The second-order valence-electron chi connectivity index (χ2n) is 6.48. The molecular formula is C22H18Cl2N2O5S. The van der Waals surface area contributed by atoms with Gasteiger partial charge in [0, 0.05) is 5.69 Å². The first-order valence-corrected chi connectivity index (χ1v) is 11.6. The summed E-state index contributed by atoms with van der Waals surface area (Å²) in [6, 6.07) is 16.4. The van der Waals surface area contributed by atoms with Gasteiger partial charge in [0.1, 0.15) is 0 Å². The molecule has 0 aliphatic rings. The van der Waals surface area contributed by atoms with Crippen molar-refractivity contribution < 1.29 is 22.7 Å². The minimum atomic E-state index is -3.79. The van der Waals surface area contributed by atoms with Crippen molar-refractivity contribution in [1.29, 1.82) is 0 Å². The van der Waals surface area contributed by atoms with Gasteiger partial charge in [0.25, 0.3) is 15.9 Å². The van der Waals surface area contributed by atoms with Crippen molar-refractivity contribution in [2.75, 3.05) is 16.6 Å². The molecule has 0 aromatic heterocycles. The quantitative estimate of drug-likeness (QED) is 0.440. The maximum Gasteiger partial charge on any atom is 0.339 e.